The lowest BCUT2D eigenvalue weighted by atomic mass is 10.2. The first-order valence-electron chi connectivity index (χ1n) is 7.73. The average Bonchev–Trinajstić information content (AvgIpc) is 2.56. The number of aromatic nitrogens is 2. The number of rotatable bonds is 9. The maximum Gasteiger partial charge on any atom is 0.137 e. The molecule has 0 unspecified atom stereocenters. The lowest BCUT2D eigenvalue weighted by Crippen LogP contribution is -2.28. The third kappa shape index (κ3) is 4.18. The maximum atomic E-state index is 5.54. The van der Waals surface area contributed by atoms with Gasteiger partial charge in [-0.15, -0.1) is 0 Å². The predicted octanol–water partition coefficient (Wildman–Crippen LogP) is 2.95. The van der Waals surface area contributed by atoms with Gasteiger partial charge in [-0.05, 0) is 25.2 Å². The minimum absolute atomic E-state index is 0.492. The lowest BCUT2D eigenvalue weighted by molar-refractivity contribution is 0.316. The lowest BCUT2D eigenvalue weighted by Gasteiger charge is -2.18. The molecule has 0 bridgehead atoms. The number of nitrogens with zero attached hydrogens (tertiary/aromatic N) is 3. The van der Waals surface area contributed by atoms with E-state index in [9.17, 15) is 0 Å². The second kappa shape index (κ2) is 8.34. The van der Waals surface area contributed by atoms with Crippen molar-refractivity contribution < 1.29 is 4.74 Å². The summed E-state index contributed by atoms with van der Waals surface area (Å²) < 4.78 is 5.54. The fourth-order valence-corrected chi connectivity index (χ4v) is 2.29. The molecule has 1 aromatic heterocycles. The van der Waals surface area contributed by atoms with Gasteiger partial charge in [0.1, 0.15) is 24.5 Å². The molecule has 1 heterocycles. The van der Waals surface area contributed by atoms with E-state index in [1.807, 2.05) is 18.2 Å². The van der Waals surface area contributed by atoms with Gasteiger partial charge in [0.15, 0.2) is 0 Å². The molecular weight excluding hydrogens is 276 g/mol. The Morgan fingerprint density at radius 2 is 2.09 bits per heavy atom. The summed E-state index contributed by atoms with van der Waals surface area (Å²) >= 11 is 0. The maximum absolute atomic E-state index is 5.54. The van der Waals surface area contributed by atoms with E-state index in [4.69, 9.17) is 4.74 Å². The molecule has 22 heavy (non-hydrogen) atoms. The average molecular weight is 300 g/mol. The van der Waals surface area contributed by atoms with E-state index in [0.717, 1.165) is 48.6 Å². The summed E-state index contributed by atoms with van der Waals surface area (Å²) in [6, 6.07) is 5.86. The molecule has 0 aliphatic heterocycles. The Bertz CT molecular complexity index is 611. The summed E-state index contributed by atoms with van der Waals surface area (Å²) in [5.41, 5.74) is 0.877. The summed E-state index contributed by atoms with van der Waals surface area (Å²) in [6.45, 7) is 12.5. The van der Waals surface area contributed by atoms with Gasteiger partial charge in [0, 0.05) is 24.5 Å². The Morgan fingerprint density at radius 1 is 1.27 bits per heavy atom. The first kappa shape index (κ1) is 16.2. The highest BCUT2D eigenvalue weighted by Crippen LogP contribution is 2.23. The van der Waals surface area contributed by atoms with Crippen LogP contribution in [0.5, 0.6) is 5.75 Å². The Balaban J connectivity index is 2.08. The normalized spacial score (nSPS) is 10.9. The zero-order valence-corrected chi connectivity index (χ0v) is 13.4. The van der Waals surface area contributed by atoms with Crippen molar-refractivity contribution in [2.75, 3.05) is 38.1 Å². The molecule has 2 rings (SSSR count). The van der Waals surface area contributed by atoms with Gasteiger partial charge in [0.2, 0.25) is 0 Å². The van der Waals surface area contributed by atoms with Crippen LogP contribution < -0.4 is 10.1 Å². The number of likely N-dealkylation sites (N-methyl/N-ethyl adjacent to an activating group) is 1. The van der Waals surface area contributed by atoms with Crippen molar-refractivity contribution in [2.24, 2.45) is 0 Å². The van der Waals surface area contributed by atoms with E-state index in [-0.39, 0.29) is 0 Å². The predicted molar refractivity (Wildman–Crippen MR) is 91.5 cm³/mol. The van der Waals surface area contributed by atoms with Gasteiger partial charge in [0.25, 0.3) is 0 Å². The van der Waals surface area contributed by atoms with Gasteiger partial charge < -0.3 is 15.0 Å². The molecule has 1 aromatic carbocycles. The van der Waals surface area contributed by atoms with Crippen molar-refractivity contribution in [1.82, 2.24) is 14.9 Å². The third-order valence-corrected chi connectivity index (χ3v) is 3.59. The zero-order valence-electron chi connectivity index (χ0n) is 13.4. The standard InChI is InChI=1S/C17H24N4O/c1-4-11-22-14-7-8-15-16(12-14)19-13-20-17(15)18-9-10-21(5-2)6-3/h4,7-8,12-13H,1,5-6,9-11H2,2-3H3,(H,18,19,20). The van der Waals surface area contributed by atoms with E-state index in [0.29, 0.717) is 6.61 Å². The number of ether oxygens (including phenoxy) is 1. The van der Waals surface area contributed by atoms with Crippen molar-refractivity contribution in [1.29, 1.82) is 0 Å². The molecule has 118 valence electrons. The second-order valence-corrected chi connectivity index (χ2v) is 4.95. The molecule has 2 aromatic rings. The first-order valence-corrected chi connectivity index (χ1v) is 7.73. The van der Waals surface area contributed by atoms with Crippen molar-refractivity contribution >= 4 is 16.7 Å². The number of fused-ring (bicyclic) bond motifs is 1. The van der Waals surface area contributed by atoms with Crippen LogP contribution >= 0.6 is 0 Å². The van der Waals surface area contributed by atoms with Crippen LogP contribution in [0.4, 0.5) is 5.82 Å². The Morgan fingerprint density at radius 3 is 2.82 bits per heavy atom. The van der Waals surface area contributed by atoms with Crippen LogP contribution in [0.2, 0.25) is 0 Å². The van der Waals surface area contributed by atoms with E-state index >= 15 is 0 Å². The monoisotopic (exact) mass is 300 g/mol. The molecule has 0 atom stereocenters. The topological polar surface area (TPSA) is 50.3 Å². The summed E-state index contributed by atoms with van der Waals surface area (Å²) in [4.78, 5) is 11.0. The fraction of sp³-hybridized carbons (Fsp3) is 0.412. The minimum atomic E-state index is 0.492. The van der Waals surface area contributed by atoms with E-state index in [1.165, 1.54) is 0 Å². The molecule has 0 spiro atoms. The highest BCUT2D eigenvalue weighted by atomic mass is 16.5. The minimum Gasteiger partial charge on any atom is -0.489 e. The highest BCUT2D eigenvalue weighted by molar-refractivity contribution is 5.89. The molecule has 0 amide bonds. The van der Waals surface area contributed by atoms with Gasteiger partial charge >= 0.3 is 0 Å². The van der Waals surface area contributed by atoms with Gasteiger partial charge in [-0.3, -0.25) is 0 Å². The van der Waals surface area contributed by atoms with E-state index in [2.05, 4.69) is 40.6 Å². The smallest absolute Gasteiger partial charge is 0.137 e. The molecule has 0 saturated heterocycles. The zero-order chi connectivity index (χ0) is 15.8. The molecule has 0 radical (unpaired) electrons. The quantitative estimate of drug-likeness (QED) is 0.722. The largest absolute Gasteiger partial charge is 0.489 e. The van der Waals surface area contributed by atoms with Gasteiger partial charge in [-0.2, -0.15) is 0 Å². The van der Waals surface area contributed by atoms with Crippen LogP contribution in [0.15, 0.2) is 37.2 Å². The molecule has 1 N–H and O–H groups in total. The molecular formula is C17H24N4O. The van der Waals surface area contributed by atoms with Gasteiger partial charge in [-0.25, -0.2) is 9.97 Å². The van der Waals surface area contributed by atoms with Crippen LogP contribution in [0.3, 0.4) is 0 Å². The highest BCUT2D eigenvalue weighted by Gasteiger charge is 2.05. The summed E-state index contributed by atoms with van der Waals surface area (Å²) in [5.74, 6) is 1.66. The summed E-state index contributed by atoms with van der Waals surface area (Å²) in [6.07, 6.45) is 3.31. The van der Waals surface area contributed by atoms with Crippen molar-refractivity contribution in [3.8, 4) is 5.75 Å². The van der Waals surface area contributed by atoms with Crippen molar-refractivity contribution in [3.05, 3.63) is 37.2 Å². The van der Waals surface area contributed by atoms with Crippen LogP contribution in [0.1, 0.15) is 13.8 Å². The van der Waals surface area contributed by atoms with E-state index < -0.39 is 0 Å². The van der Waals surface area contributed by atoms with Crippen LogP contribution in [0, 0.1) is 0 Å². The van der Waals surface area contributed by atoms with Gasteiger partial charge in [0.05, 0.1) is 5.52 Å². The van der Waals surface area contributed by atoms with Crippen LogP contribution in [-0.4, -0.2) is 47.7 Å². The Hall–Kier alpha value is -2.14. The van der Waals surface area contributed by atoms with Crippen molar-refractivity contribution in [3.63, 3.8) is 0 Å². The second-order valence-electron chi connectivity index (χ2n) is 4.95. The Kier molecular flexibility index (Phi) is 6.15. The Labute approximate surface area is 132 Å². The first-order chi connectivity index (χ1) is 10.8. The number of hydrogen-bond donors (Lipinski definition) is 1. The SMILES string of the molecule is C=CCOc1ccc2c(NCCN(CC)CC)ncnc2c1. The molecule has 5 nitrogen and oxygen atoms in total. The number of nitrogens with one attached hydrogen (secondary N) is 1. The molecule has 0 aliphatic rings. The molecule has 5 heteroatoms. The van der Waals surface area contributed by atoms with Crippen LogP contribution in [0.25, 0.3) is 10.9 Å². The van der Waals surface area contributed by atoms with Crippen LogP contribution in [-0.2, 0) is 0 Å². The molecule has 0 aliphatic carbocycles. The third-order valence-electron chi connectivity index (χ3n) is 3.59. The number of benzene rings is 1. The summed E-state index contributed by atoms with van der Waals surface area (Å²) in [7, 11) is 0. The number of hydrogen-bond acceptors (Lipinski definition) is 5. The summed E-state index contributed by atoms with van der Waals surface area (Å²) in [5, 5.41) is 4.41. The molecule has 0 saturated carbocycles. The number of anilines is 1. The molecule has 0 fully saturated rings. The van der Waals surface area contributed by atoms with Crippen molar-refractivity contribution in [2.45, 2.75) is 13.8 Å². The van der Waals surface area contributed by atoms with E-state index in [1.54, 1.807) is 12.4 Å². The van der Waals surface area contributed by atoms with Gasteiger partial charge in [-0.1, -0.05) is 26.5 Å². The fourth-order valence-electron chi connectivity index (χ4n) is 2.29.